The second kappa shape index (κ2) is 7.81. The SMILES string of the molecule is COc1cccc(N2CCN(S(=O)(=O)c3ccc(Cl)cc3C(F)(F)F)CC2)c1. The van der Waals surface area contributed by atoms with E-state index >= 15 is 0 Å². The van der Waals surface area contributed by atoms with E-state index in [1.807, 2.05) is 23.1 Å². The van der Waals surface area contributed by atoms with Gasteiger partial charge in [-0.2, -0.15) is 17.5 Å². The third-order valence-corrected chi connectivity index (χ3v) is 6.71. The smallest absolute Gasteiger partial charge is 0.417 e. The molecule has 2 aromatic carbocycles. The van der Waals surface area contributed by atoms with Crippen molar-refractivity contribution in [2.45, 2.75) is 11.1 Å². The minimum absolute atomic E-state index is 0.0689. The van der Waals surface area contributed by atoms with Crippen molar-refractivity contribution < 1.29 is 26.3 Å². The molecule has 10 heteroatoms. The highest BCUT2D eigenvalue weighted by Crippen LogP contribution is 2.37. The van der Waals surface area contributed by atoms with E-state index in [0.717, 1.165) is 22.1 Å². The van der Waals surface area contributed by atoms with Crippen LogP contribution in [0.4, 0.5) is 18.9 Å². The Bertz CT molecular complexity index is 959. The molecule has 1 aliphatic heterocycles. The molecular weight excluding hydrogens is 417 g/mol. The van der Waals surface area contributed by atoms with Gasteiger partial charge < -0.3 is 9.64 Å². The molecule has 0 N–H and O–H groups in total. The van der Waals surface area contributed by atoms with Gasteiger partial charge in [-0.3, -0.25) is 0 Å². The van der Waals surface area contributed by atoms with Crippen LogP contribution in [0.25, 0.3) is 0 Å². The molecule has 0 spiro atoms. The van der Waals surface area contributed by atoms with Crippen LogP contribution in [0.2, 0.25) is 5.02 Å². The van der Waals surface area contributed by atoms with Crippen molar-refractivity contribution in [3.63, 3.8) is 0 Å². The van der Waals surface area contributed by atoms with Gasteiger partial charge in [0.25, 0.3) is 0 Å². The average Bonchev–Trinajstić information content (AvgIpc) is 2.67. The normalized spacial score (nSPS) is 16.2. The fourth-order valence-electron chi connectivity index (χ4n) is 3.08. The van der Waals surface area contributed by atoms with Gasteiger partial charge in [-0.25, -0.2) is 8.42 Å². The lowest BCUT2D eigenvalue weighted by atomic mass is 10.2. The van der Waals surface area contributed by atoms with E-state index in [4.69, 9.17) is 16.3 Å². The first kappa shape index (κ1) is 20.8. The van der Waals surface area contributed by atoms with Crippen molar-refractivity contribution in [3.05, 3.63) is 53.1 Å². The Hall–Kier alpha value is -1.97. The van der Waals surface area contributed by atoms with Crippen LogP contribution in [0.3, 0.4) is 0 Å². The summed E-state index contributed by atoms with van der Waals surface area (Å²) in [5.41, 5.74) is -0.394. The van der Waals surface area contributed by atoms with Gasteiger partial charge in [0.15, 0.2) is 0 Å². The minimum Gasteiger partial charge on any atom is -0.497 e. The quantitative estimate of drug-likeness (QED) is 0.732. The molecule has 2 aromatic rings. The summed E-state index contributed by atoms with van der Waals surface area (Å²) in [6.45, 7) is 0.835. The number of rotatable bonds is 4. The third kappa shape index (κ3) is 4.21. The molecule has 0 bridgehead atoms. The van der Waals surface area contributed by atoms with Crippen molar-refractivity contribution >= 4 is 27.3 Å². The van der Waals surface area contributed by atoms with E-state index in [-0.39, 0.29) is 18.1 Å². The van der Waals surface area contributed by atoms with Gasteiger partial charge in [0.1, 0.15) is 5.75 Å². The molecule has 0 aromatic heterocycles. The van der Waals surface area contributed by atoms with Gasteiger partial charge >= 0.3 is 6.18 Å². The minimum atomic E-state index is -4.82. The molecule has 0 aliphatic carbocycles. The number of hydrogen-bond donors (Lipinski definition) is 0. The highest BCUT2D eigenvalue weighted by atomic mass is 35.5. The predicted octanol–water partition coefficient (Wildman–Crippen LogP) is 3.88. The van der Waals surface area contributed by atoms with Crippen LogP contribution >= 0.6 is 11.6 Å². The van der Waals surface area contributed by atoms with Crippen LogP contribution in [0.15, 0.2) is 47.4 Å². The van der Waals surface area contributed by atoms with Crippen LogP contribution in [-0.4, -0.2) is 46.0 Å². The Kier molecular flexibility index (Phi) is 5.79. The maximum atomic E-state index is 13.3. The molecule has 0 saturated carbocycles. The van der Waals surface area contributed by atoms with Crippen molar-refractivity contribution in [2.75, 3.05) is 38.2 Å². The molecule has 1 aliphatic rings. The summed E-state index contributed by atoms with van der Waals surface area (Å²) in [5, 5.41) is -0.172. The first-order valence-corrected chi connectivity index (χ1v) is 10.2. The number of piperazine rings is 1. The third-order valence-electron chi connectivity index (χ3n) is 4.52. The summed E-state index contributed by atoms with van der Waals surface area (Å²) in [6, 6.07) is 10.0. The zero-order chi connectivity index (χ0) is 20.5. The average molecular weight is 435 g/mol. The van der Waals surface area contributed by atoms with Gasteiger partial charge in [0.2, 0.25) is 10.0 Å². The molecular formula is C18H18ClF3N2O3S. The number of sulfonamides is 1. The van der Waals surface area contributed by atoms with Gasteiger partial charge in [0, 0.05) is 43.0 Å². The van der Waals surface area contributed by atoms with Gasteiger partial charge in [-0.05, 0) is 30.3 Å². The molecule has 1 saturated heterocycles. The highest BCUT2D eigenvalue weighted by Gasteiger charge is 2.40. The van der Waals surface area contributed by atoms with Gasteiger partial charge in [0.05, 0.1) is 17.6 Å². The van der Waals surface area contributed by atoms with Crippen molar-refractivity contribution in [2.24, 2.45) is 0 Å². The van der Waals surface area contributed by atoms with Crippen molar-refractivity contribution in [1.82, 2.24) is 4.31 Å². The number of methoxy groups -OCH3 is 1. The number of ether oxygens (including phenoxy) is 1. The summed E-state index contributed by atoms with van der Waals surface area (Å²) in [4.78, 5) is 1.18. The zero-order valence-corrected chi connectivity index (χ0v) is 16.5. The van der Waals surface area contributed by atoms with E-state index in [2.05, 4.69) is 0 Å². The number of hydrogen-bond acceptors (Lipinski definition) is 4. The molecule has 0 unspecified atom stereocenters. The van der Waals surface area contributed by atoms with Crippen LogP contribution < -0.4 is 9.64 Å². The first-order chi connectivity index (χ1) is 13.1. The van der Waals surface area contributed by atoms with E-state index in [0.29, 0.717) is 24.9 Å². The lowest BCUT2D eigenvalue weighted by Gasteiger charge is -2.35. The molecule has 0 radical (unpaired) electrons. The molecule has 0 atom stereocenters. The van der Waals surface area contributed by atoms with E-state index in [1.165, 1.54) is 0 Å². The van der Waals surface area contributed by atoms with Gasteiger partial charge in [-0.1, -0.05) is 17.7 Å². The summed E-state index contributed by atoms with van der Waals surface area (Å²) in [6.07, 6.45) is -4.82. The van der Waals surface area contributed by atoms with Crippen molar-refractivity contribution in [3.8, 4) is 5.75 Å². The Morgan fingerprint density at radius 3 is 2.32 bits per heavy atom. The zero-order valence-electron chi connectivity index (χ0n) is 14.9. The second-order valence-corrected chi connectivity index (χ2v) is 8.57. The van der Waals surface area contributed by atoms with Gasteiger partial charge in [-0.15, -0.1) is 0 Å². The Balaban J connectivity index is 1.82. The molecule has 5 nitrogen and oxygen atoms in total. The predicted molar refractivity (Wildman–Crippen MR) is 100 cm³/mol. The topological polar surface area (TPSA) is 49.9 Å². The Morgan fingerprint density at radius 1 is 1.04 bits per heavy atom. The molecule has 1 heterocycles. The second-order valence-electron chi connectivity index (χ2n) is 6.23. The maximum absolute atomic E-state index is 13.3. The molecule has 152 valence electrons. The van der Waals surface area contributed by atoms with Crippen molar-refractivity contribution in [1.29, 1.82) is 0 Å². The Labute approximate surface area is 166 Å². The Morgan fingerprint density at radius 2 is 1.71 bits per heavy atom. The monoisotopic (exact) mass is 434 g/mol. The summed E-state index contributed by atoms with van der Waals surface area (Å²) >= 11 is 5.65. The molecule has 28 heavy (non-hydrogen) atoms. The number of anilines is 1. The van der Waals surface area contributed by atoms with E-state index in [9.17, 15) is 21.6 Å². The highest BCUT2D eigenvalue weighted by molar-refractivity contribution is 7.89. The van der Waals surface area contributed by atoms with E-state index < -0.39 is 26.7 Å². The van der Waals surface area contributed by atoms with Crippen LogP contribution in [-0.2, 0) is 16.2 Å². The summed E-state index contributed by atoms with van der Waals surface area (Å²) in [5.74, 6) is 0.670. The largest absolute Gasteiger partial charge is 0.497 e. The summed E-state index contributed by atoms with van der Waals surface area (Å²) in [7, 11) is -2.76. The van der Waals surface area contributed by atoms with Crippen LogP contribution in [0.1, 0.15) is 5.56 Å². The maximum Gasteiger partial charge on any atom is 0.417 e. The van der Waals surface area contributed by atoms with E-state index in [1.54, 1.807) is 13.2 Å². The number of nitrogens with zero attached hydrogens (tertiary/aromatic N) is 2. The lowest BCUT2D eigenvalue weighted by molar-refractivity contribution is -0.139. The number of benzene rings is 2. The molecule has 1 fully saturated rings. The number of halogens is 4. The fraction of sp³-hybridized carbons (Fsp3) is 0.333. The standard InChI is InChI=1S/C18H18ClF3N2O3S/c1-27-15-4-2-3-14(12-15)23-7-9-24(10-8-23)28(25,26)17-6-5-13(19)11-16(17)18(20,21)22/h2-6,11-12H,7-10H2,1H3. The lowest BCUT2D eigenvalue weighted by Crippen LogP contribution is -2.49. The van der Waals surface area contributed by atoms with Crippen LogP contribution in [0.5, 0.6) is 5.75 Å². The number of alkyl halides is 3. The fourth-order valence-corrected chi connectivity index (χ4v) is 4.87. The molecule has 3 rings (SSSR count). The van der Waals surface area contributed by atoms with Crippen LogP contribution in [0, 0.1) is 0 Å². The molecule has 0 amide bonds. The summed E-state index contributed by atoms with van der Waals surface area (Å²) < 4.78 is 71.9. The first-order valence-electron chi connectivity index (χ1n) is 8.39.